The Labute approximate surface area is 115 Å². The summed E-state index contributed by atoms with van der Waals surface area (Å²) >= 11 is 0. The molecule has 0 heterocycles. The van der Waals surface area contributed by atoms with Gasteiger partial charge in [0.05, 0.1) is 0 Å². The second-order valence-electron chi connectivity index (χ2n) is 4.10. The number of nitrogens with one attached hydrogen (secondary N) is 1. The normalized spacial score (nSPS) is 12.3. The summed E-state index contributed by atoms with van der Waals surface area (Å²) < 4.78 is 40.7. The third-order valence-electron chi connectivity index (χ3n) is 2.40. The lowest BCUT2D eigenvalue weighted by molar-refractivity contribution is -0.274. The molecule has 1 aromatic rings. The molecule has 0 unspecified atom stereocenters. The molecule has 1 rings (SSSR count). The van der Waals surface area contributed by atoms with Crippen molar-refractivity contribution < 1.29 is 17.9 Å². The van der Waals surface area contributed by atoms with Crippen LogP contribution < -0.4 is 15.8 Å². The fourth-order valence-electron chi connectivity index (χ4n) is 1.55. The first-order chi connectivity index (χ1) is 9.42. The maximum atomic E-state index is 12.2. The fourth-order valence-corrected chi connectivity index (χ4v) is 1.55. The number of benzene rings is 1. The van der Waals surface area contributed by atoms with Crippen molar-refractivity contribution in [2.24, 2.45) is 10.7 Å². The van der Waals surface area contributed by atoms with E-state index in [0.717, 1.165) is 6.42 Å². The average molecular weight is 289 g/mol. The van der Waals surface area contributed by atoms with E-state index >= 15 is 0 Å². The van der Waals surface area contributed by atoms with Crippen molar-refractivity contribution in [2.45, 2.75) is 26.1 Å². The average Bonchev–Trinajstić information content (AvgIpc) is 2.36. The van der Waals surface area contributed by atoms with Gasteiger partial charge in [-0.1, -0.05) is 25.1 Å². The van der Waals surface area contributed by atoms with Crippen LogP contribution in [0.15, 0.2) is 29.3 Å². The zero-order valence-electron chi connectivity index (χ0n) is 11.2. The second-order valence-corrected chi connectivity index (χ2v) is 4.10. The highest BCUT2D eigenvalue weighted by atomic mass is 19.4. The van der Waals surface area contributed by atoms with Crippen LogP contribution in [0, 0.1) is 0 Å². The lowest BCUT2D eigenvalue weighted by atomic mass is 10.1. The fraction of sp³-hybridized carbons (Fsp3) is 0.462. The van der Waals surface area contributed by atoms with Crippen LogP contribution in [0.3, 0.4) is 0 Å². The van der Waals surface area contributed by atoms with Gasteiger partial charge in [-0.2, -0.15) is 0 Å². The second kappa shape index (κ2) is 7.62. The molecule has 112 valence electrons. The third kappa shape index (κ3) is 6.31. The maximum Gasteiger partial charge on any atom is 0.573 e. The van der Waals surface area contributed by atoms with E-state index in [1.165, 1.54) is 12.1 Å². The Morgan fingerprint density at radius 1 is 1.35 bits per heavy atom. The van der Waals surface area contributed by atoms with Crippen molar-refractivity contribution >= 4 is 5.96 Å². The zero-order valence-corrected chi connectivity index (χ0v) is 11.2. The van der Waals surface area contributed by atoms with E-state index in [4.69, 9.17) is 5.73 Å². The van der Waals surface area contributed by atoms with Gasteiger partial charge < -0.3 is 15.8 Å². The molecule has 0 atom stereocenters. The van der Waals surface area contributed by atoms with Crippen LogP contribution >= 0.6 is 0 Å². The molecular formula is C13H18F3N3O. The summed E-state index contributed by atoms with van der Waals surface area (Å²) in [7, 11) is 0. The van der Waals surface area contributed by atoms with Crippen molar-refractivity contribution in [2.75, 3.05) is 13.1 Å². The van der Waals surface area contributed by atoms with Gasteiger partial charge in [-0.25, -0.2) is 0 Å². The van der Waals surface area contributed by atoms with E-state index in [1.807, 2.05) is 6.92 Å². The minimum absolute atomic E-state index is 0.189. The van der Waals surface area contributed by atoms with Crippen LogP contribution in [0.2, 0.25) is 0 Å². The molecule has 0 saturated carbocycles. The molecular weight excluding hydrogens is 271 g/mol. The molecule has 1 aromatic carbocycles. The number of rotatable bonds is 6. The van der Waals surface area contributed by atoms with Gasteiger partial charge >= 0.3 is 6.36 Å². The molecule has 0 saturated heterocycles. The van der Waals surface area contributed by atoms with Crippen LogP contribution in [-0.4, -0.2) is 25.4 Å². The van der Waals surface area contributed by atoms with Gasteiger partial charge in [0.2, 0.25) is 0 Å². The predicted molar refractivity (Wildman–Crippen MR) is 71.6 cm³/mol. The topological polar surface area (TPSA) is 59.6 Å². The SMILES string of the molecule is CCCN=C(N)NCCc1ccccc1OC(F)(F)F. The first-order valence-corrected chi connectivity index (χ1v) is 6.30. The van der Waals surface area contributed by atoms with E-state index in [2.05, 4.69) is 15.0 Å². The minimum Gasteiger partial charge on any atom is -0.406 e. The lowest BCUT2D eigenvalue weighted by Crippen LogP contribution is -2.33. The molecule has 7 heteroatoms. The van der Waals surface area contributed by atoms with Crippen molar-refractivity contribution in [3.8, 4) is 5.75 Å². The summed E-state index contributed by atoms with van der Waals surface area (Å²) in [5, 5.41) is 2.85. The molecule has 0 spiro atoms. The standard InChI is InChI=1S/C13H18F3N3O/c1-2-8-18-12(17)19-9-7-10-5-3-4-6-11(10)20-13(14,15)16/h3-6H,2,7-9H2,1H3,(H3,17,18,19). The molecule has 0 fully saturated rings. The summed E-state index contributed by atoms with van der Waals surface area (Å²) in [4.78, 5) is 4.03. The quantitative estimate of drug-likeness (QED) is 0.624. The van der Waals surface area contributed by atoms with Crippen molar-refractivity contribution in [1.82, 2.24) is 5.32 Å². The van der Waals surface area contributed by atoms with Gasteiger partial charge in [-0.15, -0.1) is 13.2 Å². The maximum absolute atomic E-state index is 12.2. The molecule has 4 nitrogen and oxygen atoms in total. The Kier molecular flexibility index (Phi) is 6.14. The largest absolute Gasteiger partial charge is 0.573 e. The molecule has 0 bridgehead atoms. The molecule has 0 aliphatic rings. The number of alkyl halides is 3. The first-order valence-electron chi connectivity index (χ1n) is 6.30. The van der Waals surface area contributed by atoms with Crippen LogP contribution in [0.4, 0.5) is 13.2 Å². The van der Waals surface area contributed by atoms with Crippen LogP contribution in [0.25, 0.3) is 0 Å². The van der Waals surface area contributed by atoms with E-state index in [-0.39, 0.29) is 5.75 Å². The Bertz CT molecular complexity index is 447. The molecule has 0 amide bonds. The number of aliphatic imine (C=N–C) groups is 1. The number of nitrogens with two attached hydrogens (primary N) is 1. The van der Waals surface area contributed by atoms with Gasteiger partial charge in [0, 0.05) is 13.1 Å². The van der Waals surface area contributed by atoms with Crippen molar-refractivity contribution in [3.63, 3.8) is 0 Å². The Morgan fingerprint density at radius 3 is 2.70 bits per heavy atom. The number of para-hydroxylation sites is 1. The molecule has 0 aliphatic heterocycles. The highest BCUT2D eigenvalue weighted by molar-refractivity contribution is 5.77. The third-order valence-corrected chi connectivity index (χ3v) is 2.40. The van der Waals surface area contributed by atoms with Crippen LogP contribution in [-0.2, 0) is 6.42 Å². The Balaban J connectivity index is 2.56. The van der Waals surface area contributed by atoms with E-state index in [1.54, 1.807) is 12.1 Å². The Hall–Kier alpha value is -1.92. The number of halogens is 3. The molecule has 20 heavy (non-hydrogen) atoms. The van der Waals surface area contributed by atoms with Crippen LogP contribution in [0.1, 0.15) is 18.9 Å². The summed E-state index contributed by atoms with van der Waals surface area (Å²) in [5.41, 5.74) is 6.05. The summed E-state index contributed by atoms with van der Waals surface area (Å²) in [6, 6.07) is 6.03. The summed E-state index contributed by atoms with van der Waals surface area (Å²) in [6.45, 7) is 2.98. The van der Waals surface area contributed by atoms with Gasteiger partial charge in [-0.3, -0.25) is 4.99 Å². The highest BCUT2D eigenvalue weighted by Gasteiger charge is 2.31. The number of hydrogen-bond acceptors (Lipinski definition) is 2. The number of ether oxygens (including phenoxy) is 1. The monoisotopic (exact) mass is 289 g/mol. The Morgan fingerprint density at radius 2 is 2.05 bits per heavy atom. The van der Waals surface area contributed by atoms with Gasteiger partial charge in [0.25, 0.3) is 0 Å². The number of hydrogen-bond donors (Lipinski definition) is 2. The number of nitrogens with zero attached hydrogens (tertiary/aromatic N) is 1. The van der Waals surface area contributed by atoms with Crippen molar-refractivity contribution in [1.29, 1.82) is 0 Å². The molecule has 0 aromatic heterocycles. The minimum atomic E-state index is -4.69. The molecule has 0 radical (unpaired) electrons. The van der Waals surface area contributed by atoms with Gasteiger partial charge in [0.15, 0.2) is 5.96 Å². The molecule has 3 N–H and O–H groups in total. The zero-order chi connectivity index (χ0) is 15.0. The van der Waals surface area contributed by atoms with Gasteiger partial charge in [-0.05, 0) is 24.5 Å². The first kappa shape index (κ1) is 16.1. The smallest absolute Gasteiger partial charge is 0.406 e. The molecule has 0 aliphatic carbocycles. The van der Waals surface area contributed by atoms with Crippen LogP contribution in [0.5, 0.6) is 5.75 Å². The van der Waals surface area contributed by atoms with E-state index < -0.39 is 6.36 Å². The van der Waals surface area contributed by atoms with E-state index in [9.17, 15) is 13.2 Å². The van der Waals surface area contributed by atoms with E-state index in [0.29, 0.717) is 31.0 Å². The van der Waals surface area contributed by atoms with Crippen molar-refractivity contribution in [3.05, 3.63) is 29.8 Å². The highest BCUT2D eigenvalue weighted by Crippen LogP contribution is 2.26. The lowest BCUT2D eigenvalue weighted by Gasteiger charge is -2.13. The summed E-state index contributed by atoms with van der Waals surface area (Å²) in [6.07, 6.45) is -3.45. The number of guanidine groups is 1. The van der Waals surface area contributed by atoms with Gasteiger partial charge in [0.1, 0.15) is 5.75 Å². The predicted octanol–water partition coefficient (Wildman–Crippen LogP) is 2.44. The summed E-state index contributed by atoms with van der Waals surface area (Å²) in [5.74, 6) is 0.104.